The summed E-state index contributed by atoms with van der Waals surface area (Å²) in [5, 5.41) is 30.2. The number of rotatable bonds is 8. The average Bonchev–Trinajstić information content (AvgIpc) is 3.57. The number of aliphatic imine (C=N–C) groups is 1. The summed E-state index contributed by atoms with van der Waals surface area (Å²) in [6, 6.07) is 15.0. The first-order chi connectivity index (χ1) is 17.4. The number of halogens is 2. The van der Waals surface area contributed by atoms with Gasteiger partial charge in [0.25, 0.3) is 10.9 Å². The van der Waals surface area contributed by atoms with Gasteiger partial charge in [0.1, 0.15) is 5.83 Å². The lowest BCUT2D eigenvalue weighted by Gasteiger charge is -2.31. The molecule has 2 unspecified atom stereocenters. The number of aromatic nitrogens is 5. The van der Waals surface area contributed by atoms with Crippen LogP contribution in [-0.2, 0) is 10.6 Å². The molecule has 0 radical (unpaired) electrons. The number of benzene rings is 2. The molecule has 36 heavy (non-hydrogen) atoms. The maximum absolute atomic E-state index is 15.0. The number of non-ortho nitro benzene ring substituents is 1. The summed E-state index contributed by atoms with van der Waals surface area (Å²) in [5.74, 6) is -0.495. The molecule has 4 aromatic rings. The first kappa shape index (κ1) is 23.6. The molecule has 0 aliphatic carbocycles. The highest BCUT2D eigenvalue weighted by Gasteiger charge is 2.49. The number of nitro benzene ring substituents is 1. The van der Waals surface area contributed by atoms with Crippen molar-refractivity contribution in [3.8, 4) is 5.69 Å². The van der Waals surface area contributed by atoms with Crippen molar-refractivity contribution in [2.45, 2.75) is 22.0 Å². The molecule has 0 amide bonds. The highest BCUT2D eigenvalue weighted by molar-refractivity contribution is 7.98. The van der Waals surface area contributed by atoms with E-state index in [4.69, 9.17) is 16.0 Å². The van der Waals surface area contributed by atoms with Crippen LogP contribution in [0.4, 0.5) is 15.8 Å². The lowest BCUT2D eigenvalue weighted by Crippen LogP contribution is -2.41. The van der Waals surface area contributed by atoms with Crippen LogP contribution in [0.2, 0.25) is 0 Å². The van der Waals surface area contributed by atoms with Crippen LogP contribution in [0, 0.1) is 10.1 Å². The van der Waals surface area contributed by atoms with Gasteiger partial charge in [-0.2, -0.15) is 0 Å². The van der Waals surface area contributed by atoms with Gasteiger partial charge < -0.3 is 9.73 Å². The van der Waals surface area contributed by atoms with Crippen molar-refractivity contribution >= 4 is 41.0 Å². The summed E-state index contributed by atoms with van der Waals surface area (Å²) in [5.41, 5.74) is 1.89. The maximum Gasteiger partial charge on any atom is 0.277 e. The van der Waals surface area contributed by atoms with Gasteiger partial charge in [-0.25, -0.2) is 9.07 Å². The molecule has 1 aliphatic rings. The second-order valence-corrected chi connectivity index (χ2v) is 9.05. The van der Waals surface area contributed by atoms with Crippen LogP contribution in [0.15, 0.2) is 87.3 Å². The van der Waals surface area contributed by atoms with Crippen LogP contribution in [0.1, 0.15) is 11.6 Å². The summed E-state index contributed by atoms with van der Waals surface area (Å²) in [6.45, 7) is 0. The van der Waals surface area contributed by atoms with Gasteiger partial charge in [0.15, 0.2) is 6.17 Å². The summed E-state index contributed by atoms with van der Waals surface area (Å²) in [7, 11) is 0. The molecular weight excluding hydrogens is 511 g/mol. The highest BCUT2D eigenvalue weighted by atomic mass is 35.5. The zero-order valence-electron chi connectivity index (χ0n) is 18.2. The molecule has 1 aliphatic heterocycles. The molecular formula is C22H16ClFN8O3S. The molecule has 2 atom stereocenters. The molecule has 0 saturated heterocycles. The topological polar surface area (TPSA) is 137 Å². The molecule has 182 valence electrons. The van der Waals surface area contributed by atoms with Crippen molar-refractivity contribution in [3.05, 3.63) is 94.4 Å². The first-order valence-electron chi connectivity index (χ1n) is 10.5. The average molecular weight is 527 g/mol. The molecule has 0 bridgehead atoms. The Balaban J connectivity index is 1.28. The Morgan fingerprint density at radius 1 is 1.17 bits per heavy atom. The van der Waals surface area contributed by atoms with E-state index in [1.807, 2.05) is 30.3 Å². The Kier molecular flexibility index (Phi) is 6.48. The van der Waals surface area contributed by atoms with Gasteiger partial charge in [-0.1, -0.05) is 46.8 Å². The Bertz CT molecular complexity index is 1440. The van der Waals surface area contributed by atoms with Gasteiger partial charge >= 0.3 is 0 Å². The van der Waals surface area contributed by atoms with Crippen LogP contribution in [0.25, 0.3) is 5.69 Å². The maximum atomic E-state index is 15.0. The Morgan fingerprint density at radius 3 is 2.69 bits per heavy atom. The van der Waals surface area contributed by atoms with Crippen molar-refractivity contribution in [1.82, 2.24) is 25.2 Å². The normalized spacial score (nSPS) is 19.2. The lowest BCUT2D eigenvalue weighted by atomic mass is 10.0. The minimum absolute atomic E-state index is 0.0185. The number of hydrogen-bond acceptors (Lipinski definition) is 10. The standard InChI is InChI=1S/C22H16ClFN8O3S/c23-22(18(24)10-11-25-19(22)26-14-4-2-1-3-5-14)20-28-29-21(35-20)36-13-15-12-31(30-27-15)16-6-8-17(9-7-16)32(33)34/h1-12,19,26H,13H2. The van der Waals surface area contributed by atoms with Crippen molar-refractivity contribution in [2.75, 3.05) is 5.32 Å². The monoisotopic (exact) mass is 526 g/mol. The Morgan fingerprint density at radius 2 is 1.94 bits per heavy atom. The van der Waals surface area contributed by atoms with Crippen molar-refractivity contribution < 1.29 is 13.7 Å². The quantitative estimate of drug-likeness (QED) is 0.150. The molecule has 2 aromatic heterocycles. The zero-order chi connectivity index (χ0) is 25.1. The number of dihydropyridines is 1. The fraction of sp³-hybridized carbons (Fsp3) is 0.136. The SMILES string of the molecule is O=[N+]([O-])c1ccc(-n2cc(CSc3nnc(C4(Cl)C(F)=CC=NC4Nc4ccccc4)o3)nn2)cc1. The van der Waals surface area contributed by atoms with Crippen molar-refractivity contribution in [1.29, 1.82) is 0 Å². The lowest BCUT2D eigenvalue weighted by molar-refractivity contribution is -0.384. The third kappa shape index (κ3) is 4.70. The van der Waals surface area contributed by atoms with E-state index in [0.29, 0.717) is 22.8 Å². The van der Waals surface area contributed by atoms with Crippen LogP contribution in [-0.4, -0.2) is 42.5 Å². The predicted octanol–water partition coefficient (Wildman–Crippen LogP) is 4.66. The molecule has 14 heteroatoms. The minimum atomic E-state index is -1.82. The molecule has 11 nitrogen and oxygen atoms in total. The number of allylic oxidation sites excluding steroid dienone is 1. The number of nitro groups is 1. The van der Waals surface area contributed by atoms with Crippen LogP contribution >= 0.6 is 23.4 Å². The van der Waals surface area contributed by atoms with Crippen molar-refractivity contribution in [2.24, 2.45) is 4.99 Å². The van der Waals surface area contributed by atoms with E-state index in [9.17, 15) is 14.5 Å². The Hall–Kier alpha value is -4.10. The zero-order valence-corrected chi connectivity index (χ0v) is 19.8. The van der Waals surface area contributed by atoms with E-state index in [1.165, 1.54) is 34.8 Å². The van der Waals surface area contributed by atoms with Crippen LogP contribution in [0.5, 0.6) is 0 Å². The number of nitrogens with one attached hydrogen (secondary N) is 1. The number of anilines is 1. The van der Waals surface area contributed by atoms with Gasteiger partial charge in [-0.15, -0.1) is 15.3 Å². The van der Waals surface area contributed by atoms with E-state index in [-0.39, 0.29) is 16.8 Å². The highest BCUT2D eigenvalue weighted by Crippen LogP contribution is 2.44. The van der Waals surface area contributed by atoms with E-state index in [1.54, 1.807) is 18.3 Å². The number of thioether (sulfide) groups is 1. The van der Waals surface area contributed by atoms with Gasteiger partial charge in [0.05, 0.1) is 22.5 Å². The van der Waals surface area contributed by atoms with E-state index in [2.05, 4.69) is 30.8 Å². The van der Waals surface area contributed by atoms with E-state index < -0.39 is 21.8 Å². The van der Waals surface area contributed by atoms with Gasteiger partial charge in [0, 0.05) is 29.8 Å². The van der Waals surface area contributed by atoms with Gasteiger partial charge in [-0.3, -0.25) is 15.1 Å². The second-order valence-electron chi connectivity index (χ2n) is 7.53. The summed E-state index contributed by atoms with van der Waals surface area (Å²) >= 11 is 7.88. The predicted molar refractivity (Wildman–Crippen MR) is 131 cm³/mol. The number of para-hydroxylation sites is 1. The smallest absolute Gasteiger partial charge is 0.277 e. The number of hydrogen-bond donors (Lipinski definition) is 1. The largest absolute Gasteiger partial charge is 0.413 e. The molecule has 0 fully saturated rings. The van der Waals surface area contributed by atoms with Gasteiger partial charge in [0.2, 0.25) is 10.8 Å². The third-order valence-electron chi connectivity index (χ3n) is 5.18. The summed E-state index contributed by atoms with van der Waals surface area (Å²) in [6.07, 6.45) is 3.24. The molecule has 0 saturated carbocycles. The molecule has 5 rings (SSSR count). The number of alkyl halides is 1. The van der Waals surface area contributed by atoms with E-state index in [0.717, 1.165) is 6.08 Å². The minimum Gasteiger partial charge on any atom is -0.413 e. The second kappa shape index (κ2) is 9.87. The Labute approximate surface area is 212 Å². The molecule has 3 heterocycles. The van der Waals surface area contributed by atoms with E-state index >= 15 is 0 Å². The summed E-state index contributed by atoms with van der Waals surface area (Å²) < 4.78 is 22.2. The fourth-order valence-electron chi connectivity index (χ4n) is 3.37. The summed E-state index contributed by atoms with van der Waals surface area (Å²) in [4.78, 5) is 12.8. The molecule has 1 N–H and O–H groups in total. The first-order valence-corrected chi connectivity index (χ1v) is 11.8. The fourth-order valence-corrected chi connectivity index (χ4v) is 4.26. The molecule has 2 aromatic carbocycles. The van der Waals surface area contributed by atoms with Crippen molar-refractivity contribution in [3.63, 3.8) is 0 Å². The van der Waals surface area contributed by atoms with Gasteiger partial charge in [-0.05, 0) is 30.3 Å². The third-order valence-corrected chi connectivity index (χ3v) is 6.59. The molecule has 0 spiro atoms. The van der Waals surface area contributed by atoms with Crippen LogP contribution < -0.4 is 5.32 Å². The number of nitrogens with zero attached hydrogens (tertiary/aromatic N) is 7. The van der Waals surface area contributed by atoms with Crippen LogP contribution in [0.3, 0.4) is 0 Å².